The zero-order valence-electron chi connectivity index (χ0n) is 11.8. The third kappa shape index (κ3) is 2.50. The lowest BCUT2D eigenvalue weighted by Crippen LogP contribution is -2.54. The third-order valence-corrected chi connectivity index (χ3v) is 6.20. The number of aryl methyl sites for hydroxylation is 1. The summed E-state index contributed by atoms with van der Waals surface area (Å²) >= 11 is 0. The molecule has 2 aliphatic rings. The Morgan fingerprint density at radius 2 is 2.05 bits per heavy atom. The van der Waals surface area contributed by atoms with Crippen molar-refractivity contribution in [2.24, 2.45) is 0 Å². The van der Waals surface area contributed by atoms with E-state index in [2.05, 4.69) is 0 Å². The van der Waals surface area contributed by atoms with Crippen LogP contribution in [0.3, 0.4) is 0 Å². The van der Waals surface area contributed by atoms with E-state index >= 15 is 0 Å². The molecule has 0 unspecified atom stereocenters. The maximum absolute atomic E-state index is 12.9. The molecule has 0 spiro atoms. The van der Waals surface area contributed by atoms with Crippen LogP contribution < -0.4 is 0 Å². The lowest BCUT2D eigenvalue weighted by molar-refractivity contribution is -0.0586. The number of ether oxygens (including phenoxy) is 1. The molecule has 2 atom stereocenters. The smallest absolute Gasteiger partial charge is 0.243 e. The molecule has 1 aromatic carbocycles. The Morgan fingerprint density at radius 3 is 2.85 bits per heavy atom. The van der Waals surface area contributed by atoms with Gasteiger partial charge in [0.2, 0.25) is 10.0 Å². The van der Waals surface area contributed by atoms with Gasteiger partial charge in [-0.15, -0.1) is 0 Å². The number of rotatable bonds is 2. The summed E-state index contributed by atoms with van der Waals surface area (Å²) in [6.07, 6.45) is 4.20. The molecule has 1 aromatic rings. The second-order valence-electron chi connectivity index (χ2n) is 5.69. The minimum absolute atomic E-state index is 0.0167. The van der Waals surface area contributed by atoms with Crippen LogP contribution in [0.1, 0.15) is 31.2 Å². The van der Waals surface area contributed by atoms with E-state index in [0.29, 0.717) is 18.0 Å². The predicted octanol–water partition coefficient (Wildman–Crippen LogP) is 2.33. The molecule has 0 bridgehead atoms. The van der Waals surface area contributed by atoms with Gasteiger partial charge in [0.1, 0.15) is 0 Å². The quantitative estimate of drug-likeness (QED) is 0.841. The van der Waals surface area contributed by atoms with Crippen LogP contribution in [0.2, 0.25) is 0 Å². The minimum atomic E-state index is -3.40. The van der Waals surface area contributed by atoms with E-state index in [1.54, 1.807) is 22.5 Å². The lowest BCUT2D eigenvalue weighted by Gasteiger charge is -2.42. The monoisotopic (exact) mass is 295 g/mol. The topological polar surface area (TPSA) is 46.6 Å². The Hall–Kier alpha value is -0.910. The summed E-state index contributed by atoms with van der Waals surface area (Å²) in [4.78, 5) is 0.406. The van der Waals surface area contributed by atoms with Gasteiger partial charge in [-0.2, -0.15) is 4.31 Å². The normalized spacial score (nSPS) is 28.1. The first-order valence-corrected chi connectivity index (χ1v) is 8.73. The second-order valence-corrected chi connectivity index (χ2v) is 7.58. The zero-order chi connectivity index (χ0) is 14.2. The van der Waals surface area contributed by atoms with Crippen molar-refractivity contribution in [3.63, 3.8) is 0 Å². The van der Waals surface area contributed by atoms with Crippen molar-refractivity contribution >= 4 is 10.0 Å². The van der Waals surface area contributed by atoms with Gasteiger partial charge >= 0.3 is 0 Å². The van der Waals surface area contributed by atoms with Crippen molar-refractivity contribution in [2.45, 2.75) is 49.6 Å². The highest BCUT2D eigenvalue weighted by Gasteiger charge is 2.40. The van der Waals surface area contributed by atoms with Gasteiger partial charge in [0.25, 0.3) is 0 Å². The molecule has 1 aliphatic carbocycles. The highest BCUT2D eigenvalue weighted by atomic mass is 32.2. The molecule has 2 fully saturated rings. The average molecular weight is 295 g/mol. The number of morpholine rings is 1. The number of fused-ring (bicyclic) bond motifs is 1. The Bertz CT molecular complexity index is 583. The van der Waals surface area contributed by atoms with Crippen molar-refractivity contribution in [2.75, 3.05) is 13.2 Å². The van der Waals surface area contributed by atoms with E-state index in [1.807, 2.05) is 13.0 Å². The van der Waals surface area contributed by atoms with Gasteiger partial charge in [0.05, 0.1) is 23.6 Å². The molecule has 0 aromatic heterocycles. The summed E-state index contributed by atoms with van der Waals surface area (Å²) in [5, 5.41) is 0. The predicted molar refractivity (Wildman–Crippen MR) is 77.1 cm³/mol. The van der Waals surface area contributed by atoms with Crippen molar-refractivity contribution in [1.29, 1.82) is 0 Å². The van der Waals surface area contributed by atoms with Crippen molar-refractivity contribution < 1.29 is 13.2 Å². The first-order valence-electron chi connectivity index (χ1n) is 7.29. The second kappa shape index (κ2) is 5.47. The maximum Gasteiger partial charge on any atom is 0.243 e. The molecule has 0 amide bonds. The van der Waals surface area contributed by atoms with E-state index in [-0.39, 0.29) is 12.1 Å². The van der Waals surface area contributed by atoms with Crippen LogP contribution in [0.4, 0.5) is 0 Å². The average Bonchev–Trinajstić information content (AvgIpc) is 2.46. The number of sulfonamides is 1. The first-order chi connectivity index (χ1) is 9.59. The van der Waals surface area contributed by atoms with Crippen molar-refractivity contribution in [3.05, 3.63) is 29.8 Å². The molecule has 0 radical (unpaired) electrons. The molecule has 4 nitrogen and oxygen atoms in total. The fraction of sp³-hybridized carbons (Fsp3) is 0.600. The standard InChI is InChI=1S/C15H21NO3S/c1-12-5-4-6-13(11-12)20(17,18)16-9-10-19-15-8-3-2-7-14(15)16/h4-6,11,14-15H,2-3,7-10H2,1H3/t14-,15-/m0/s1. The van der Waals surface area contributed by atoms with Crippen LogP contribution in [0.15, 0.2) is 29.2 Å². The number of benzene rings is 1. The van der Waals surface area contributed by atoms with E-state index in [4.69, 9.17) is 4.74 Å². The van der Waals surface area contributed by atoms with Crippen LogP contribution in [-0.4, -0.2) is 38.0 Å². The summed E-state index contributed by atoms with van der Waals surface area (Å²) in [7, 11) is -3.40. The van der Waals surface area contributed by atoms with Crippen LogP contribution >= 0.6 is 0 Å². The SMILES string of the molecule is Cc1cccc(S(=O)(=O)N2CCO[C@H]3CCCC[C@@H]32)c1. The van der Waals surface area contributed by atoms with E-state index in [0.717, 1.165) is 31.2 Å². The molecule has 20 heavy (non-hydrogen) atoms. The van der Waals surface area contributed by atoms with Gasteiger partial charge < -0.3 is 4.74 Å². The molecule has 0 N–H and O–H groups in total. The highest BCUT2D eigenvalue weighted by Crippen LogP contribution is 2.32. The van der Waals surface area contributed by atoms with Gasteiger partial charge in [-0.1, -0.05) is 25.0 Å². The Labute approximate surface area is 120 Å². The molecule has 1 heterocycles. The summed E-state index contributed by atoms with van der Waals surface area (Å²) in [5.74, 6) is 0. The van der Waals surface area contributed by atoms with Gasteiger partial charge in [0.15, 0.2) is 0 Å². The van der Waals surface area contributed by atoms with E-state index in [9.17, 15) is 8.42 Å². The summed E-state index contributed by atoms with van der Waals surface area (Å²) in [6.45, 7) is 2.89. The third-order valence-electron chi connectivity index (χ3n) is 4.28. The molecule has 110 valence electrons. The Kier molecular flexibility index (Phi) is 3.84. The Balaban J connectivity index is 1.93. The maximum atomic E-state index is 12.9. The van der Waals surface area contributed by atoms with Crippen molar-refractivity contribution in [3.8, 4) is 0 Å². The number of nitrogens with zero attached hydrogens (tertiary/aromatic N) is 1. The highest BCUT2D eigenvalue weighted by molar-refractivity contribution is 7.89. The lowest BCUT2D eigenvalue weighted by atomic mass is 9.91. The van der Waals surface area contributed by atoms with Gasteiger partial charge in [-0.25, -0.2) is 8.42 Å². The Morgan fingerprint density at radius 1 is 1.25 bits per heavy atom. The van der Waals surface area contributed by atoms with Crippen LogP contribution in [0.5, 0.6) is 0 Å². The summed E-state index contributed by atoms with van der Waals surface area (Å²) < 4.78 is 33.2. The number of hydrogen-bond donors (Lipinski definition) is 0. The molecule has 5 heteroatoms. The zero-order valence-corrected chi connectivity index (χ0v) is 12.6. The largest absolute Gasteiger partial charge is 0.375 e. The molecule has 1 saturated carbocycles. The fourth-order valence-corrected chi connectivity index (χ4v) is 5.04. The molecular weight excluding hydrogens is 274 g/mol. The van der Waals surface area contributed by atoms with Gasteiger partial charge in [-0.05, 0) is 37.5 Å². The summed E-state index contributed by atoms with van der Waals surface area (Å²) in [5.41, 5.74) is 0.972. The fourth-order valence-electron chi connectivity index (χ4n) is 3.27. The molecule has 1 saturated heterocycles. The van der Waals surface area contributed by atoms with Crippen LogP contribution in [0.25, 0.3) is 0 Å². The van der Waals surface area contributed by atoms with E-state index in [1.165, 1.54) is 0 Å². The molecule has 3 rings (SSSR count). The van der Waals surface area contributed by atoms with Crippen molar-refractivity contribution in [1.82, 2.24) is 4.31 Å². The van der Waals surface area contributed by atoms with Gasteiger partial charge in [-0.3, -0.25) is 0 Å². The van der Waals surface area contributed by atoms with Crippen LogP contribution in [-0.2, 0) is 14.8 Å². The minimum Gasteiger partial charge on any atom is -0.375 e. The molecule has 1 aliphatic heterocycles. The summed E-state index contributed by atoms with van der Waals surface area (Å²) in [6, 6.07) is 7.18. The van der Waals surface area contributed by atoms with E-state index < -0.39 is 10.0 Å². The van der Waals surface area contributed by atoms with Crippen LogP contribution in [0, 0.1) is 6.92 Å². The van der Waals surface area contributed by atoms with Gasteiger partial charge in [0, 0.05) is 6.54 Å². The first kappa shape index (κ1) is 14.0. The number of hydrogen-bond acceptors (Lipinski definition) is 3. The molecular formula is C15H21NO3S.